The van der Waals surface area contributed by atoms with E-state index in [1.165, 1.54) is 0 Å². The van der Waals surface area contributed by atoms with Crippen molar-refractivity contribution in [2.45, 2.75) is 6.92 Å². The predicted molar refractivity (Wildman–Crippen MR) is 78.5 cm³/mol. The van der Waals surface area contributed by atoms with Crippen molar-refractivity contribution in [2.75, 3.05) is 59.6 Å². The van der Waals surface area contributed by atoms with Gasteiger partial charge in [0.15, 0.2) is 0 Å². The highest BCUT2D eigenvalue weighted by atomic mass is 16.6. The molecule has 0 aromatic rings. The number of nitrogens with one attached hydrogen (secondary N) is 2. The van der Waals surface area contributed by atoms with E-state index in [4.69, 9.17) is 9.47 Å². The minimum atomic E-state index is -0.407. The third-order valence-corrected chi connectivity index (χ3v) is 3.15. The standard InChI is InChI=1S/C13H24N4O5/c1-3-22-13(20)17-7-5-16(6-8-17)11(18)10-15-12(19)14-4-9-21-2/h3-10H2,1-2H3,(H2,14,15,19). The Hall–Kier alpha value is -2.03. The Labute approximate surface area is 129 Å². The zero-order valence-corrected chi connectivity index (χ0v) is 13.1. The highest BCUT2D eigenvalue weighted by Crippen LogP contribution is 2.03. The molecule has 1 rings (SSSR count). The van der Waals surface area contributed by atoms with Crippen LogP contribution in [0.4, 0.5) is 9.59 Å². The summed E-state index contributed by atoms with van der Waals surface area (Å²) >= 11 is 0. The molecule has 2 N–H and O–H groups in total. The summed E-state index contributed by atoms with van der Waals surface area (Å²) in [7, 11) is 1.54. The van der Waals surface area contributed by atoms with Crippen LogP contribution in [0.25, 0.3) is 0 Å². The van der Waals surface area contributed by atoms with Crippen LogP contribution < -0.4 is 10.6 Å². The van der Waals surface area contributed by atoms with Gasteiger partial charge in [0.05, 0.1) is 19.8 Å². The summed E-state index contributed by atoms with van der Waals surface area (Å²) in [5.41, 5.74) is 0. The molecule has 0 aromatic heterocycles. The lowest BCUT2D eigenvalue weighted by Gasteiger charge is -2.34. The Morgan fingerprint density at radius 2 is 1.68 bits per heavy atom. The van der Waals surface area contributed by atoms with Gasteiger partial charge in [-0.25, -0.2) is 9.59 Å². The van der Waals surface area contributed by atoms with E-state index in [1.807, 2.05) is 0 Å². The molecule has 22 heavy (non-hydrogen) atoms. The SMILES string of the molecule is CCOC(=O)N1CCN(C(=O)CNC(=O)NCCOC)CC1. The van der Waals surface area contributed by atoms with Gasteiger partial charge in [0.25, 0.3) is 0 Å². The average Bonchev–Trinajstić information content (AvgIpc) is 2.53. The topological polar surface area (TPSA) is 100 Å². The normalized spacial score (nSPS) is 14.5. The maximum absolute atomic E-state index is 12.0. The summed E-state index contributed by atoms with van der Waals surface area (Å²) in [5, 5.41) is 5.05. The second-order valence-corrected chi connectivity index (χ2v) is 4.67. The van der Waals surface area contributed by atoms with Crippen molar-refractivity contribution in [3.05, 3.63) is 0 Å². The fraction of sp³-hybridized carbons (Fsp3) is 0.769. The summed E-state index contributed by atoms with van der Waals surface area (Å²) in [6.45, 7) is 4.55. The van der Waals surface area contributed by atoms with Gasteiger partial charge in [-0.15, -0.1) is 0 Å². The molecule has 0 saturated carbocycles. The van der Waals surface area contributed by atoms with Crippen LogP contribution in [-0.2, 0) is 14.3 Å². The van der Waals surface area contributed by atoms with Crippen LogP contribution in [0.3, 0.4) is 0 Å². The van der Waals surface area contributed by atoms with Gasteiger partial charge in [-0.1, -0.05) is 0 Å². The van der Waals surface area contributed by atoms with Crippen LogP contribution in [-0.4, -0.2) is 87.4 Å². The molecule has 0 spiro atoms. The van der Waals surface area contributed by atoms with Gasteiger partial charge in [0.2, 0.25) is 5.91 Å². The molecule has 0 bridgehead atoms. The Morgan fingerprint density at radius 3 is 2.27 bits per heavy atom. The first-order valence-corrected chi connectivity index (χ1v) is 7.28. The molecule has 0 radical (unpaired) electrons. The number of urea groups is 1. The van der Waals surface area contributed by atoms with E-state index < -0.39 is 6.03 Å². The number of carbonyl (C=O) groups excluding carboxylic acids is 3. The van der Waals surface area contributed by atoms with Crippen molar-refractivity contribution in [3.63, 3.8) is 0 Å². The predicted octanol–water partition coefficient (Wildman–Crippen LogP) is -0.767. The lowest BCUT2D eigenvalue weighted by molar-refractivity contribution is -0.131. The van der Waals surface area contributed by atoms with Crippen LogP contribution >= 0.6 is 0 Å². The van der Waals surface area contributed by atoms with Crippen molar-refractivity contribution >= 4 is 18.0 Å². The smallest absolute Gasteiger partial charge is 0.409 e. The molecular formula is C13H24N4O5. The van der Waals surface area contributed by atoms with E-state index in [0.29, 0.717) is 45.9 Å². The van der Waals surface area contributed by atoms with Gasteiger partial charge in [-0.05, 0) is 6.92 Å². The maximum Gasteiger partial charge on any atom is 0.409 e. The van der Waals surface area contributed by atoms with Gasteiger partial charge in [0.1, 0.15) is 0 Å². The van der Waals surface area contributed by atoms with E-state index in [9.17, 15) is 14.4 Å². The molecule has 1 aliphatic heterocycles. The number of hydrogen-bond donors (Lipinski definition) is 2. The molecular weight excluding hydrogens is 292 g/mol. The van der Waals surface area contributed by atoms with Crippen molar-refractivity contribution in [2.24, 2.45) is 0 Å². The summed E-state index contributed by atoms with van der Waals surface area (Å²) in [6, 6.07) is -0.407. The Kier molecular flexibility index (Phi) is 8.05. The third kappa shape index (κ3) is 6.17. The van der Waals surface area contributed by atoms with Gasteiger partial charge < -0.3 is 29.9 Å². The number of carbonyl (C=O) groups is 3. The van der Waals surface area contributed by atoms with Crippen molar-refractivity contribution < 1.29 is 23.9 Å². The number of amides is 4. The summed E-state index contributed by atoms with van der Waals surface area (Å²) < 4.78 is 9.71. The Bertz CT molecular complexity index is 383. The third-order valence-electron chi connectivity index (χ3n) is 3.15. The van der Waals surface area contributed by atoms with E-state index in [0.717, 1.165) is 0 Å². The summed E-state index contributed by atoms with van der Waals surface area (Å²) in [4.78, 5) is 38.1. The van der Waals surface area contributed by atoms with E-state index >= 15 is 0 Å². The fourth-order valence-corrected chi connectivity index (χ4v) is 1.95. The molecule has 1 saturated heterocycles. The Balaban J connectivity index is 2.22. The lowest BCUT2D eigenvalue weighted by Crippen LogP contribution is -2.53. The zero-order valence-electron chi connectivity index (χ0n) is 13.1. The van der Waals surface area contributed by atoms with Crippen molar-refractivity contribution in [1.82, 2.24) is 20.4 Å². The highest BCUT2D eigenvalue weighted by Gasteiger charge is 2.24. The molecule has 9 heteroatoms. The average molecular weight is 316 g/mol. The fourth-order valence-electron chi connectivity index (χ4n) is 1.95. The highest BCUT2D eigenvalue weighted by molar-refractivity contribution is 5.84. The second-order valence-electron chi connectivity index (χ2n) is 4.67. The van der Waals surface area contributed by atoms with Gasteiger partial charge in [-0.2, -0.15) is 0 Å². The lowest BCUT2D eigenvalue weighted by atomic mass is 10.3. The van der Waals surface area contributed by atoms with Crippen LogP contribution in [0.1, 0.15) is 6.92 Å². The molecule has 4 amide bonds. The van der Waals surface area contributed by atoms with E-state index in [-0.39, 0.29) is 18.5 Å². The first kappa shape index (κ1) is 18.0. The number of nitrogens with zero attached hydrogens (tertiary/aromatic N) is 2. The van der Waals surface area contributed by atoms with Gasteiger partial charge >= 0.3 is 12.1 Å². The molecule has 1 fully saturated rings. The molecule has 1 aliphatic rings. The molecule has 0 unspecified atom stereocenters. The number of ether oxygens (including phenoxy) is 2. The van der Waals surface area contributed by atoms with Gasteiger partial charge in [0, 0.05) is 39.8 Å². The summed E-state index contributed by atoms with van der Waals surface area (Å²) in [6.07, 6.45) is -0.356. The van der Waals surface area contributed by atoms with Crippen molar-refractivity contribution in [1.29, 1.82) is 0 Å². The quantitative estimate of drug-likeness (QED) is 0.627. The molecule has 126 valence electrons. The summed E-state index contributed by atoms with van der Waals surface area (Å²) in [5.74, 6) is -0.176. The van der Waals surface area contributed by atoms with Crippen LogP contribution in [0.5, 0.6) is 0 Å². The largest absolute Gasteiger partial charge is 0.450 e. The van der Waals surface area contributed by atoms with Crippen molar-refractivity contribution in [3.8, 4) is 0 Å². The number of rotatable bonds is 6. The van der Waals surface area contributed by atoms with E-state index in [2.05, 4.69) is 10.6 Å². The molecule has 0 aromatic carbocycles. The molecule has 0 aliphatic carbocycles. The first-order chi connectivity index (χ1) is 10.6. The zero-order chi connectivity index (χ0) is 16.4. The minimum absolute atomic E-state index is 0.0712. The minimum Gasteiger partial charge on any atom is -0.450 e. The second kappa shape index (κ2) is 9.82. The molecule has 0 atom stereocenters. The monoisotopic (exact) mass is 316 g/mol. The Morgan fingerprint density at radius 1 is 1.05 bits per heavy atom. The van der Waals surface area contributed by atoms with Crippen LogP contribution in [0.2, 0.25) is 0 Å². The molecule has 9 nitrogen and oxygen atoms in total. The first-order valence-electron chi connectivity index (χ1n) is 7.28. The molecule has 1 heterocycles. The maximum atomic E-state index is 12.0. The van der Waals surface area contributed by atoms with Gasteiger partial charge in [-0.3, -0.25) is 4.79 Å². The van der Waals surface area contributed by atoms with E-state index in [1.54, 1.807) is 23.8 Å². The number of hydrogen-bond acceptors (Lipinski definition) is 5. The number of methoxy groups -OCH3 is 1. The van der Waals surface area contributed by atoms with Crippen LogP contribution in [0.15, 0.2) is 0 Å². The number of piperazine rings is 1. The van der Waals surface area contributed by atoms with Crippen LogP contribution in [0, 0.1) is 0 Å².